The van der Waals surface area contributed by atoms with E-state index in [1.54, 1.807) is 18.2 Å². The van der Waals surface area contributed by atoms with Gasteiger partial charge in [0.1, 0.15) is 5.82 Å². The Labute approximate surface area is 85.3 Å². The first-order valence-electron chi connectivity index (χ1n) is 4.33. The van der Waals surface area contributed by atoms with Crippen molar-refractivity contribution in [1.29, 1.82) is 0 Å². The summed E-state index contributed by atoms with van der Waals surface area (Å²) in [7, 11) is 1.45. The molecular weight excluding hydrogens is 209 g/mol. The molecule has 15 heavy (non-hydrogen) atoms. The Morgan fingerprint density at radius 1 is 1.40 bits per heavy atom. The molecule has 0 fully saturated rings. The van der Waals surface area contributed by atoms with Gasteiger partial charge in [-0.1, -0.05) is 6.07 Å². The Morgan fingerprint density at radius 3 is 2.73 bits per heavy atom. The van der Waals surface area contributed by atoms with Gasteiger partial charge >= 0.3 is 6.18 Å². The first-order valence-corrected chi connectivity index (χ1v) is 4.33. The van der Waals surface area contributed by atoms with Gasteiger partial charge in [0.25, 0.3) is 0 Å². The number of alkyl halides is 3. The smallest absolute Gasteiger partial charge is 0.390 e. The van der Waals surface area contributed by atoms with E-state index in [2.05, 4.69) is 10.3 Å². The van der Waals surface area contributed by atoms with Crippen molar-refractivity contribution in [3.8, 4) is 5.88 Å². The van der Waals surface area contributed by atoms with E-state index in [4.69, 9.17) is 4.74 Å². The molecule has 0 aromatic carbocycles. The molecule has 0 atom stereocenters. The highest BCUT2D eigenvalue weighted by Crippen LogP contribution is 2.19. The van der Waals surface area contributed by atoms with Crippen LogP contribution in [0.1, 0.15) is 6.42 Å². The zero-order valence-electron chi connectivity index (χ0n) is 8.14. The number of methoxy groups -OCH3 is 1. The molecule has 0 radical (unpaired) electrons. The number of anilines is 1. The maximum absolute atomic E-state index is 11.8. The molecule has 0 saturated carbocycles. The van der Waals surface area contributed by atoms with Crippen molar-refractivity contribution in [2.75, 3.05) is 19.0 Å². The van der Waals surface area contributed by atoms with E-state index in [1.807, 2.05) is 0 Å². The molecule has 0 saturated heterocycles. The molecule has 6 heteroatoms. The van der Waals surface area contributed by atoms with Gasteiger partial charge in [0, 0.05) is 12.6 Å². The Hall–Kier alpha value is -1.46. The molecule has 1 aromatic heterocycles. The van der Waals surface area contributed by atoms with Gasteiger partial charge < -0.3 is 10.1 Å². The number of aromatic nitrogens is 1. The number of ether oxygens (including phenoxy) is 1. The Morgan fingerprint density at radius 2 is 2.13 bits per heavy atom. The Kier molecular flexibility index (Phi) is 3.76. The van der Waals surface area contributed by atoms with Gasteiger partial charge in [-0.2, -0.15) is 18.2 Å². The van der Waals surface area contributed by atoms with Crippen molar-refractivity contribution in [1.82, 2.24) is 4.98 Å². The molecule has 1 rings (SSSR count). The summed E-state index contributed by atoms with van der Waals surface area (Å²) in [5.41, 5.74) is 0. The third-order valence-corrected chi connectivity index (χ3v) is 1.65. The maximum Gasteiger partial charge on any atom is 0.390 e. The highest BCUT2D eigenvalue weighted by molar-refractivity contribution is 5.36. The summed E-state index contributed by atoms with van der Waals surface area (Å²) in [6.07, 6.45) is -5.03. The largest absolute Gasteiger partial charge is 0.481 e. The minimum Gasteiger partial charge on any atom is -0.481 e. The van der Waals surface area contributed by atoms with Crippen molar-refractivity contribution in [2.45, 2.75) is 12.6 Å². The lowest BCUT2D eigenvalue weighted by Gasteiger charge is -2.08. The number of nitrogens with one attached hydrogen (secondary N) is 1. The van der Waals surface area contributed by atoms with Gasteiger partial charge in [0.15, 0.2) is 0 Å². The fourth-order valence-corrected chi connectivity index (χ4v) is 0.959. The minimum atomic E-state index is -4.15. The highest BCUT2D eigenvalue weighted by atomic mass is 19.4. The lowest BCUT2D eigenvalue weighted by atomic mass is 10.4. The molecule has 0 aliphatic heterocycles. The number of hydrogen-bond acceptors (Lipinski definition) is 3. The van der Waals surface area contributed by atoms with Crippen LogP contribution in [0.5, 0.6) is 5.88 Å². The summed E-state index contributed by atoms with van der Waals surface area (Å²) in [5, 5.41) is 2.56. The molecule has 0 bridgehead atoms. The lowest BCUT2D eigenvalue weighted by molar-refractivity contribution is -0.131. The Bertz CT molecular complexity index is 314. The predicted octanol–water partition coefficient (Wildman–Crippen LogP) is 2.45. The molecular formula is C9H11F3N2O. The summed E-state index contributed by atoms with van der Waals surface area (Å²) in [4.78, 5) is 3.91. The Balaban J connectivity index is 2.44. The third kappa shape index (κ3) is 4.53. The van der Waals surface area contributed by atoms with Gasteiger partial charge in [-0.3, -0.25) is 0 Å². The van der Waals surface area contributed by atoms with Crippen molar-refractivity contribution in [2.24, 2.45) is 0 Å². The van der Waals surface area contributed by atoms with Gasteiger partial charge in [-0.25, -0.2) is 0 Å². The SMILES string of the molecule is COc1cccc(NCCC(F)(F)F)n1. The molecule has 1 N–H and O–H groups in total. The van der Waals surface area contributed by atoms with Gasteiger partial charge in [-0.15, -0.1) is 0 Å². The minimum absolute atomic E-state index is 0.191. The van der Waals surface area contributed by atoms with Crippen molar-refractivity contribution >= 4 is 5.82 Å². The van der Waals surface area contributed by atoms with Gasteiger partial charge in [-0.05, 0) is 6.07 Å². The van der Waals surface area contributed by atoms with E-state index in [0.717, 1.165) is 0 Å². The van der Waals surface area contributed by atoms with Crippen LogP contribution in [0.4, 0.5) is 19.0 Å². The second-order valence-corrected chi connectivity index (χ2v) is 2.86. The highest BCUT2D eigenvalue weighted by Gasteiger charge is 2.26. The van der Waals surface area contributed by atoms with Crippen LogP contribution in [0.2, 0.25) is 0 Å². The van der Waals surface area contributed by atoms with E-state index < -0.39 is 12.6 Å². The molecule has 84 valence electrons. The molecule has 3 nitrogen and oxygen atoms in total. The summed E-state index contributed by atoms with van der Waals surface area (Å²) in [6.45, 7) is -0.191. The number of pyridine rings is 1. The topological polar surface area (TPSA) is 34.1 Å². The van der Waals surface area contributed by atoms with Crippen LogP contribution in [-0.4, -0.2) is 24.8 Å². The zero-order chi connectivity index (χ0) is 11.3. The molecule has 1 aromatic rings. The predicted molar refractivity (Wildman–Crippen MR) is 50.0 cm³/mol. The third-order valence-electron chi connectivity index (χ3n) is 1.65. The fourth-order valence-electron chi connectivity index (χ4n) is 0.959. The summed E-state index contributed by atoms with van der Waals surface area (Å²) in [5.74, 6) is 0.741. The van der Waals surface area contributed by atoms with Crippen LogP contribution in [0.25, 0.3) is 0 Å². The van der Waals surface area contributed by atoms with Crippen LogP contribution < -0.4 is 10.1 Å². The second kappa shape index (κ2) is 4.86. The van der Waals surface area contributed by atoms with Crippen molar-refractivity contribution in [3.63, 3.8) is 0 Å². The second-order valence-electron chi connectivity index (χ2n) is 2.86. The molecule has 0 spiro atoms. The summed E-state index contributed by atoms with van der Waals surface area (Å²) in [6, 6.07) is 4.86. The first kappa shape index (κ1) is 11.6. The lowest BCUT2D eigenvalue weighted by Crippen LogP contribution is -2.15. The van der Waals surface area contributed by atoms with E-state index in [9.17, 15) is 13.2 Å². The van der Waals surface area contributed by atoms with Gasteiger partial charge in [0.2, 0.25) is 5.88 Å². The standard InChI is InChI=1S/C9H11F3N2O/c1-15-8-4-2-3-7(14-8)13-6-5-9(10,11)12/h2-4H,5-6H2,1H3,(H,13,14). The average Bonchev–Trinajstić information content (AvgIpc) is 2.16. The molecule has 0 aliphatic rings. The molecule has 0 aliphatic carbocycles. The van der Waals surface area contributed by atoms with E-state index in [1.165, 1.54) is 7.11 Å². The molecule has 1 heterocycles. The van der Waals surface area contributed by atoms with Crippen molar-refractivity contribution < 1.29 is 17.9 Å². The maximum atomic E-state index is 11.8. The van der Waals surface area contributed by atoms with E-state index in [0.29, 0.717) is 11.7 Å². The summed E-state index contributed by atoms with van der Waals surface area (Å²) >= 11 is 0. The molecule has 0 amide bonds. The van der Waals surface area contributed by atoms with Crippen LogP contribution in [0.3, 0.4) is 0 Å². The molecule has 0 unspecified atom stereocenters. The number of nitrogens with zero attached hydrogens (tertiary/aromatic N) is 1. The normalized spacial score (nSPS) is 11.2. The van der Waals surface area contributed by atoms with Crippen molar-refractivity contribution in [3.05, 3.63) is 18.2 Å². The monoisotopic (exact) mass is 220 g/mol. The number of halogens is 3. The van der Waals surface area contributed by atoms with Crippen LogP contribution in [0.15, 0.2) is 18.2 Å². The number of rotatable bonds is 4. The van der Waals surface area contributed by atoms with Crippen LogP contribution in [-0.2, 0) is 0 Å². The zero-order valence-corrected chi connectivity index (χ0v) is 8.14. The summed E-state index contributed by atoms with van der Waals surface area (Å²) < 4.78 is 40.3. The first-order chi connectivity index (χ1) is 7.01. The van der Waals surface area contributed by atoms with Crippen LogP contribution in [0, 0.1) is 0 Å². The average molecular weight is 220 g/mol. The van der Waals surface area contributed by atoms with Gasteiger partial charge in [0.05, 0.1) is 13.5 Å². The fraction of sp³-hybridized carbons (Fsp3) is 0.444. The van der Waals surface area contributed by atoms with E-state index >= 15 is 0 Å². The quantitative estimate of drug-likeness (QED) is 0.846. The number of hydrogen-bond donors (Lipinski definition) is 1. The van der Waals surface area contributed by atoms with Crippen LogP contribution >= 0.6 is 0 Å². The van der Waals surface area contributed by atoms with E-state index in [-0.39, 0.29) is 6.54 Å².